The molecular weight excluding hydrogens is 160 g/mol. The molecule has 58 valence electrons. The Morgan fingerprint density at radius 1 is 1.60 bits per heavy atom. The van der Waals surface area contributed by atoms with Gasteiger partial charge in [-0.05, 0) is 23.5 Å². The summed E-state index contributed by atoms with van der Waals surface area (Å²) in [5.41, 5.74) is 0. The van der Waals surface area contributed by atoms with Gasteiger partial charge in [-0.2, -0.15) is 0 Å². The van der Waals surface area contributed by atoms with Crippen molar-refractivity contribution in [2.75, 3.05) is 5.75 Å². The lowest BCUT2D eigenvalue weighted by molar-refractivity contribution is 1.26. The number of hydrogen-bond acceptors (Lipinski definition) is 2. The van der Waals surface area contributed by atoms with E-state index in [4.69, 9.17) is 0 Å². The lowest BCUT2D eigenvalue weighted by atomic mass is 10.5. The zero-order valence-electron chi connectivity index (χ0n) is 6.54. The van der Waals surface area contributed by atoms with Crippen LogP contribution in [0.1, 0.15) is 13.8 Å². The van der Waals surface area contributed by atoms with Crippen LogP contribution in [0.4, 0.5) is 0 Å². The molecule has 0 saturated heterocycles. The van der Waals surface area contributed by atoms with E-state index in [-0.39, 0.29) is 0 Å². The molecular formula is C8H14S2. The molecule has 0 heterocycles. The molecule has 0 fully saturated rings. The fourth-order valence-corrected chi connectivity index (χ4v) is 1.57. The monoisotopic (exact) mass is 174 g/mol. The molecule has 0 aliphatic rings. The maximum absolute atomic E-state index is 3.65. The third-order valence-corrected chi connectivity index (χ3v) is 2.39. The first kappa shape index (κ1) is 10.2. The summed E-state index contributed by atoms with van der Waals surface area (Å²) in [6.07, 6.45) is 2.19. The van der Waals surface area contributed by atoms with Crippen LogP contribution in [-0.2, 0) is 0 Å². The van der Waals surface area contributed by atoms with E-state index in [0.717, 1.165) is 5.75 Å². The van der Waals surface area contributed by atoms with E-state index in [2.05, 4.69) is 31.9 Å². The van der Waals surface area contributed by atoms with Gasteiger partial charge in [-0.25, -0.2) is 0 Å². The maximum Gasteiger partial charge on any atom is 0.0247 e. The third kappa shape index (κ3) is 6.30. The van der Waals surface area contributed by atoms with Crippen LogP contribution in [0.5, 0.6) is 0 Å². The predicted molar refractivity (Wildman–Crippen MR) is 54.5 cm³/mol. The van der Waals surface area contributed by atoms with Crippen molar-refractivity contribution in [3.05, 3.63) is 23.5 Å². The van der Waals surface area contributed by atoms with Crippen molar-refractivity contribution in [3.63, 3.8) is 0 Å². The van der Waals surface area contributed by atoms with Crippen LogP contribution >= 0.6 is 23.5 Å². The number of rotatable bonds is 5. The molecule has 0 amide bonds. The van der Waals surface area contributed by atoms with Gasteiger partial charge < -0.3 is 0 Å². The van der Waals surface area contributed by atoms with Crippen LogP contribution in [0.25, 0.3) is 0 Å². The molecule has 0 aromatic carbocycles. The summed E-state index contributed by atoms with van der Waals surface area (Å²) < 4.78 is 0. The van der Waals surface area contributed by atoms with Gasteiger partial charge in [0.1, 0.15) is 0 Å². The Morgan fingerprint density at radius 3 is 2.80 bits per heavy atom. The average molecular weight is 174 g/mol. The van der Waals surface area contributed by atoms with E-state index in [0.29, 0.717) is 5.25 Å². The van der Waals surface area contributed by atoms with E-state index in [1.165, 1.54) is 0 Å². The Bertz CT molecular complexity index is 108. The molecule has 1 atom stereocenters. The molecule has 0 aromatic rings. The zero-order valence-corrected chi connectivity index (χ0v) is 8.17. The molecule has 1 unspecified atom stereocenters. The Kier molecular flexibility index (Phi) is 7.42. The first-order valence-corrected chi connectivity index (χ1v) is 5.35. The highest BCUT2D eigenvalue weighted by Gasteiger charge is 1.90. The largest absolute Gasteiger partial charge is 0.135 e. The van der Waals surface area contributed by atoms with Crippen molar-refractivity contribution in [3.8, 4) is 0 Å². The fourth-order valence-electron chi connectivity index (χ4n) is 0.460. The van der Waals surface area contributed by atoms with Gasteiger partial charge in [-0.3, -0.25) is 0 Å². The molecule has 2 heteroatoms. The van der Waals surface area contributed by atoms with E-state index >= 15 is 0 Å². The van der Waals surface area contributed by atoms with Gasteiger partial charge in [0.15, 0.2) is 0 Å². The standard InChI is InChI=1S/C8H14S2/c1-4-9-7-6-8(3)10-5-2/h5-8H,2,4H2,1,3H3/b7-6-. The quantitative estimate of drug-likeness (QED) is 0.625. The lowest BCUT2D eigenvalue weighted by Gasteiger charge is -1.98. The minimum absolute atomic E-state index is 0.566. The minimum atomic E-state index is 0.566. The smallest absolute Gasteiger partial charge is 0.0247 e. The van der Waals surface area contributed by atoms with Gasteiger partial charge in [-0.1, -0.05) is 19.6 Å². The van der Waals surface area contributed by atoms with Crippen LogP contribution in [-0.4, -0.2) is 11.0 Å². The molecule has 0 aromatic heterocycles. The normalized spacial score (nSPS) is 13.8. The second-order valence-corrected chi connectivity index (χ2v) is 4.32. The highest BCUT2D eigenvalue weighted by molar-refractivity contribution is 8.03. The third-order valence-electron chi connectivity index (χ3n) is 0.923. The number of thioether (sulfide) groups is 2. The minimum Gasteiger partial charge on any atom is -0.135 e. The Balaban J connectivity index is 3.34. The van der Waals surface area contributed by atoms with Gasteiger partial charge >= 0.3 is 0 Å². The topological polar surface area (TPSA) is 0 Å². The second-order valence-electron chi connectivity index (χ2n) is 1.79. The van der Waals surface area contributed by atoms with Crippen LogP contribution in [0, 0.1) is 0 Å². The molecule has 0 rings (SSSR count). The van der Waals surface area contributed by atoms with Crippen molar-refractivity contribution in [1.82, 2.24) is 0 Å². The highest BCUT2D eigenvalue weighted by atomic mass is 32.2. The van der Waals surface area contributed by atoms with Crippen LogP contribution in [0.15, 0.2) is 23.5 Å². The molecule has 0 bridgehead atoms. The molecule has 0 radical (unpaired) electrons. The Hall–Kier alpha value is 0.180. The molecule has 0 aliphatic carbocycles. The van der Waals surface area contributed by atoms with Gasteiger partial charge in [0.25, 0.3) is 0 Å². The van der Waals surface area contributed by atoms with E-state index in [9.17, 15) is 0 Å². The molecule has 10 heavy (non-hydrogen) atoms. The summed E-state index contributed by atoms with van der Waals surface area (Å²) in [6.45, 7) is 7.97. The van der Waals surface area contributed by atoms with Crippen LogP contribution in [0.3, 0.4) is 0 Å². The van der Waals surface area contributed by atoms with Gasteiger partial charge in [0, 0.05) is 5.25 Å². The van der Waals surface area contributed by atoms with Gasteiger partial charge in [0.05, 0.1) is 0 Å². The van der Waals surface area contributed by atoms with Crippen molar-refractivity contribution in [2.45, 2.75) is 19.1 Å². The highest BCUT2D eigenvalue weighted by Crippen LogP contribution is 2.13. The summed E-state index contributed by atoms with van der Waals surface area (Å²) in [4.78, 5) is 0. The fraction of sp³-hybridized carbons (Fsp3) is 0.500. The Morgan fingerprint density at radius 2 is 2.30 bits per heavy atom. The Labute approximate surface area is 72.2 Å². The summed E-state index contributed by atoms with van der Waals surface area (Å²) in [5, 5.41) is 4.60. The SMILES string of the molecule is C=CSC(C)/C=C\SCC. The van der Waals surface area contributed by atoms with Crippen molar-refractivity contribution in [2.24, 2.45) is 0 Å². The van der Waals surface area contributed by atoms with Crippen LogP contribution in [0.2, 0.25) is 0 Å². The molecule has 0 aliphatic heterocycles. The van der Waals surface area contributed by atoms with Crippen molar-refractivity contribution >= 4 is 23.5 Å². The van der Waals surface area contributed by atoms with Crippen molar-refractivity contribution in [1.29, 1.82) is 0 Å². The van der Waals surface area contributed by atoms with E-state index in [1.54, 1.807) is 11.8 Å². The molecule has 0 saturated carbocycles. The first-order chi connectivity index (χ1) is 4.81. The predicted octanol–water partition coefficient (Wildman–Crippen LogP) is 3.52. The molecule has 0 N–H and O–H groups in total. The van der Waals surface area contributed by atoms with Crippen LogP contribution < -0.4 is 0 Å². The number of hydrogen-bond donors (Lipinski definition) is 0. The second kappa shape index (κ2) is 7.29. The lowest BCUT2D eigenvalue weighted by Crippen LogP contribution is -1.84. The molecule has 0 spiro atoms. The maximum atomic E-state index is 3.65. The summed E-state index contributed by atoms with van der Waals surface area (Å²) in [5.74, 6) is 1.15. The summed E-state index contributed by atoms with van der Waals surface area (Å²) in [7, 11) is 0. The van der Waals surface area contributed by atoms with E-state index in [1.807, 2.05) is 17.2 Å². The van der Waals surface area contributed by atoms with Crippen molar-refractivity contribution < 1.29 is 0 Å². The molecule has 0 nitrogen and oxygen atoms in total. The first-order valence-electron chi connectivity index (χ1n) is 3.36. The van der Waals surface area contributed by atoms with Gasteiger partial charge in [-0.15, -0.1) is 23.5 Å². The summed E-state index contributed by atoms with van der Waals surface area (Å²) >= 11 is 3.58. The zero-order chi connectivity index (χ0) is 7.82. The van der Waals surface area contributed by atoms with Gasteiger partial charge in [0.2, 0.25) is 0 Å². The van der Waals surface area contributed by atoms with E-state index < -0.39 is 0 Å². The average Bonchev–Trinajstić information content (AvgIpc) is 1.89. The summed E-state index contributed by atoms with van der Waals surface area (Å²) in [6, 6.07) is 0.